The minimum Gasteiger partial charge on any atom is -0.490 e. The van der Waals surface area contributed by atoms with Crippen LogP contribution >= 0.6 is 46.0 Å². The number of ether oxygens (including phenoxy) is 3. The summed E-state index contributed by atoms with van der Waals surface area (Å²) in [6, 6.07) is 20.5. The lowest BCUT2D eigenvalue weighted by atomic mass is 10.1. The number of benzene rings is 3. The molecule has 0 radical (unpaired) electrons. The molecule has 39 heavy (non-hydrogen) atoms. The lowest BCUT2D eigenvalue weighted by Gasteiger charge is -2.20. The molecule has 0 aromatic heterocycles. The van der Waals surface area contributed by atoms with Crippen LogP contribution in [0.2, 0.25) is 5.02 Å². The number of nitrogens with zero attached hydrogens (tertiary/aromatic N) is 3. The smallest absolute Gasteiger partial charge is 0.283 e. The molecule has 1 amide bonds. The van der Waals surface area contributed by atoms with E-state index in [4.69, 9.17) is 31.2 Å². The summed E-state index contributed by atoms with van der Waals surface area (Å²) in [5.74, 6) is 1.32. The number of hydrogen-bond donors (Lipinski definition) is 1. The van der Waals surface area contributed by atoms with Crippen LogP contribution in [0, 0.1) is 8.98 Å². The van der Waals surface area contributed by atoms with Crippen molar-refractivity contribution in [3.05, 3.63) is 92.0 Å². The van der Waals surface area contributed by atoms with E-state index >= 15 is 0 Å². The highest BCUT2D eigenvalue weighted by Gasteiger charge is 2.36. The molecule has 2 heterocycles. The Morgan fingerprint density at radius 1 is 1.05 bits per heavy atom. The lowest BCUT2D eigenvalue weighted by molar-refractivity contribution is -0.114. The second-order valence-electron chi connectivity index (χ2n) is 8.18. The molecule has 0 unspecified atom stereocenters. The first-order valence-electron chi connectivity index (χ1n) is 12.0. The fourth-order valence-corrected chi connectivity index (χ4v) is 5.79. The van der Waals surface area contributed by atoms with Gasteiger partial charge in [0.1, 0.15) is 24.0 Å². The summed E-state index contributed by atoms with van der Waals surface area (Å²) < 4.78 is 18.4. The van der Waals surface area contributed by atoms with E-state index in [1.165, 1.54) is 16.8 Å². The molecule has 2 aliphatic rings. The van der Waals surface area contributed by atoms with Crippen molar-refractivity contribution in [2.75, 3.05) is 19.8 Å². The minimum absolute atomic E-state index is 0.0640. The molecule has 0 spiro atoms. The third kappa shape index (κ3) is 6.13. The first kappa shape index (κ1) is 27.2. The molecule has 0 atom stereocenters. The number of carbonyl (C=O) groups excluding carboxylic acids is 1. The number of para-hydroxylation sites is 1. The van der Waals surface area contributed by atoms with Crippen molar-refractivity contribution >= 4 is 74.0 Å². The summed E-state index contributed by atoms with van der Waals surface area (Å²) in [6.07, 6.45) is 1.62. The topological polar surface area (TPSA) is 96.6 Å². The van der Waals surface area contributed by atoms with Crippen LogP contribution in [-0.4, -0.2) is 46.8 Å². The summed E-state index contributed by atoms with van der Waals surface area (Å²) in [6.45, 7) is 3.01. The van der Waals surface area contributed by atoms with Gasteiger partial charge in [-0.25, -0.2) is 0 Å². The fourth-order valence-electron chi connectivity index (χ4n) is 3.80. The number of fused-ring (bicyclic) bond motifs is 1. The molecule has 0 saturated heterocycles. The maximum atomic E-state index is 12.9. The molecular formula is C28H22ClIN4O4S. The Hall–Kier alpha value is -3.35. The number of nitrogens with one attached hydrogen (secondary N) is 1. The van der Waals surface area contributed by atoms with Gasteiger partial charge in [-0.15, -0.1) is 0 Å². The van der Waals surface area contributed by atoms with Crippen LogP contribution in [0.5, 0.6) is 17.2 Å². The van der Waals surface area contributed by atoms with E-state index in [-0.39, 0.29) is 11.4 Å². The van der Waals surface area contributed by atoms with Crippen molar-refractivity contribution in [1.82, 2.24) is 5.01 Å². The van der Waals surface area contributed by atoms with Crippen molar-refractivity contribution < 1.29 is 19.0 Å². The van der Waals surface area contributed by atoms with E-state index in [0.29, 0.717) is 57.7 Å². The molecule has 0 aliphatic carbocycles. The zero-order valence-electron chi connectivity index (χ0n) is 20.7. The predicted octanol–water partition coefficient (Wildman–Crippen LogP) is 6.47. The van der Waals surface area contributed by atoms with Gasteiger partial charge in [0.2, 0.25) is 5.17 Å². The van der Waals surface area contributed by atoms with Gasteiger partial charge >= 0.3 is 0 Å². The molecule has 0 saturated carbocycles. The summed E-state index contributed by atoms with van der Waals surface area (Å²) >= 11 is 9.70. The summed E-state index contributed by atoms with van der Waals surface area (Å²) in [5.41, 5.74) is 1.50. The Kier molecular flexibility index (Phi) is 8.53. The molecular weight excluding hydrogens is 651 g/mol. The molecule has 0 bridgehead atoms. The average molecular weight is 673 g/mol. The second-order valence-corrected chi connectivity index (χ2v) is 10.7. The van der Waals surface area contributed by atoms with Crippen LogP contribution in [-0.2, 0) is 4.79 Å². The van der Waals surface area contributed by atoms with Crippen molar-refractivity contribution in [2.24, 2.45) is 10.1 Å². The van der Waals surface area contributed by atoms with Crippen LogP contribution < -0.4 is 14.2 Å². The normalized spacial score (nSPS) is 15.7. The van der Waals surface area contributed by atoms with Gasteiger partial charge in [-0.3, -0.25) is 10.2 Å². The van der Waals surface area contributed by atoms with Crippen molar-refractivity contribution in [3.8, 4) is 17.2 Å². The van der Waals surface area contributed by atoms with Gasteiger partial charge in [0.25, 0.3) is 5.91 Å². The van der Waals surface area contributed by atoms with Crippen molar-refractivity contribution in [3.63, 3.8) is 0 Å². The quantitative estimate of drug-likeness (QED) is 0.159. The van der Waals surface area contributed by atoms with E-state index in [2.05, 4.69) is 32.7 Å². The number of halogens is 2. The number of amidine groups is 2. The lowest BCUT2D eigenvalue weighted by Crippen LogP contribution is -2.35. The first-order chi connectivity index (χ1) is 18.9. The second kappa shape index (κ2) is 12.2. The third-order valence-corrected chi connectivity index (χ3v) is 7.62. The van der Waals surface area contributed by atoms with E-state index in [9.17, 15) is 4.79 Å². The molecule has 11 heteroatoms. The molecule has 2 aliphatic heterocycles. The predicted molar refractivity (Wildman–Crippen MR) is 163 cm³/mol. The summed E-state index contributed by atoms with van der Waals surface area (Å²) in [7, 11) is 0. The maximum absolute atomic E-state index is 12.9. The average Bonchev–Trinajstić information content (AvgIpc) is 3.35. The first-order valence-corrected chi connectivity index (χ1v) is 14.2. The van der Waals surface area contributed by atoms with Crippen LogP contribution in [0.1, 0.15) is 18.1 Å². The van der Waals surface area contributed by atoms with Crippen LogP contribution in [0.15, 0.2) is 82.4 Å². The van der Waals surface area contributed by atoms with Gasteiger partial charge in [-0.05, 0) is 83.2 Å². The van der Waals surface area contributed by atoms with E-state index in [1.54, 1.807) is 18.2 Å². The number of carbonyl (C=O) groups is 1. The monoisotopic (exact) mass is 672 g/mol. The molecule has 0 fully saturated rings. The number of hydrazone groups is 1. The van der Waals surface area contributed by atoms with E-state index in [1.807, 2.05) is 61.5 Å². The van der Waals surface area contributed by atoms with Gasteiger partial charge in [0.05, 0.1) is 20.8 Å². The van der Waals surface area contributed by atoms with E-state index < -0.39 is 5.91 Å². The van der Waals surface area contributed by atoms with Crippen LogP contribution in [0.4, 0.5) is 0 Å². The zero-order valence-corrected chi connectivity index (χ0v) is 24.4. The zero-order chi connectivity index (χ0) is 27.4. The number of rotatable bonds is 9. The highest BCUT2D eigenvalue weighted by atomic mass is 127. The Morgan fingerprint density at radius 3 is 2.56 bits per heavy atom. The molecule has 3 aromatic carbocycles. The summed E-state index contributed by atoms with van der Waals surface area (Å²) in [5, 5.41) is 16.0. The Bertz CT molecular complexity index is 1530. The van der Waals surface area contributed by atoms with Gasteiger partial charge in [0, 0.05) is 5.56 Å². The molecule has 1 N–H and O–H groups in total. The fraction of sp³-hybridized carbons (Fsp3) is 0.143. The van der Waals surface area contributed by atoms with Gasteiger partial charge < -0.3 is 14.2 Å². The highest BCUT2D eigenvalue weighted by molar-refractivity contribution is 14.1. The molecule has 5 rings (SSSR count). The largest absolute Gasteiger partial charge is 0.490 e. The Labute approximate surface area is 248 Å². The minimum atomic E-state index is -0.513. The standard InChI is InChI=1S/C28H22ClIN4O4S/c1-2-36-23-16-17(15-22(30)24(23)38-13-12-37-18-8-4-3-5-9-18)14-20-25(31)34-28(32-26(20)35)39-27(33-34)19-10-6-7-11-21(19)29/h3-11,14-16,31H,2,12-13H2,1H3/b20-14-,31-25?. The number of aliphatic imine (C=N–C) groups is 1. The van der Waals surface area contributed by atoms with Gasteiger partial charge in [-0.2, -0.15) is 15.1 Å². The summed E-state index contributed by atoms with van der Waals surface area (Å²) in [4.78, 5) is 17.1. The van der Waals surface area contributed by atoms with Crippen LogP contribution in [0.25, 0.3) is 6.08 Å². The Balaban J connectivity index is 1.36. The van der Waals surface area contributed by atoms with E-state index in [0.717, 1.165) is 9.32 Å². The maximum Gasteiger partial charge on any atom is 0.283 e. The SMILES string of the molecule is CCOc1cc(/C=C2/C(=N)N3N=C(c4ccccc4Cl)SC3=NC2=O)cc(I)c1OCCOc1ccccc1. The number of amides is 1. The number of hydrogen-bond acceptors (Lipinski definition) is 7. The number of thioether (sulfide) groups is 1. The van der Waals surface area contributed by atoms with Gasteiger partial charge in [-0.1, -0.05) is 48.0 Å². The molecule has 3 aromatic rings. The Morgan fingerprint density at radius 2 is 1.79 bits per heavy atom. The molecule has 8 nitrogen and oxygen atoms in total. The van der Waals surface area contributed by atoms with Crippen molar-refractivity contribution in [1.29, 1.82) is 5.41 Å². The van der Waals surface area contributed by atoms with Crippen molar-refractivity contribution in [2.45, 2.75) is 6.92 Å². The molecule has 198 valence electrons. The third-order valence-electron chi connectivity index (χ3n) is 5.54. The van der Waals surface area contributed by atoms with Gasteiger partial charge in [0.15, 0.2) is 17.3 Å². The highest BCUT2D eigenvalue weighted by Crippen LogP contribution is 2.36. The van der Waals surface area contributed by atoms with Crippen LogP contribution in [0.3, 0.4) is 0 Å².